The molecule has 0 saturated carbocycles. The second-order valence-corrected chi connectivity index (χ2v) is 10.3. The minimum Gasteiger partial charge on any atom is -0.497 e. The van der Waals surface area contributed by atoms with Crippen molar-refractivity contribution in [1.29, 1.82) is 0 Å². The van der Waals surface area contributed by atoms with Gasteiger partial charge in [0.25, 0.3) is 0 Å². The van der Waals surface area contributed by atoms with E-state index in [4.69, 9.17) is 14.6 Å². The summed E-state index contributed by atoms with van der Waals surface area (Å²) in [4.78, 5) is 11.5. The molecule has 1 saturated heterocycles. The van der Waals surface area contributed by atoms with Crippen LogP contribution < -0.4 is 15.0 Å². The molecule has 2 aromatic carbocycles. The second-order valence-electron chi connectivity index (χ2n) is 8.71. The number of rotatable bonds is 2. The van der Waals surface area contributed by atoms with Gasteiger partial charge in [0.05, 0.1) is 12.9 Å². The van der Waals surface area contributed by atoms with Crippen LogP contribution >= 0.6 is 0 Å². The molecule has 0 amide bonds. The van der Waals surface area contributed by atoms with E-state index in [0.29, 0.717) is 17.7 Å². The maximum atomic E-state index is 12.5. The normalized spacial score (nSPS) is 23.2. The number of aryl methyl sites for hydroxylation is 1. The highest BCUT2D eigenvalue weighted by molar-refractivity contribution is 7.84. The number of anilines is 1. The van der Waals surface area contributed by atoms with Gasteiger partial charge in [0, 0.05) is 47.3 Å². The van der Waals surface area contributed by atoms with Crippen molar-refractivity contribution in [3.05, 3.63) is 47.0 Å². The number of carbonyl (C=O) groups is 1. The van der Waals surface area contributed by atoms with E-state index in [1.807, 2.05) is 6.07 Å². The standard InChI is InChI=1S/C22H26N2O2S.C2HF3O2/c1-14-9-17(26-2)3-4-18(14)15-10-16-13-27(25)8-7-24-21-5-6-23-12-20(21)19(11-15)22(16)24;3-2(4,5)1(6)7/h3-4,9-11,20-21,23H,5-8,12-13H2,1-2H3;(H,6,7)/t20-,21-,27?;/m0./s1. The number of piperidine rings is 1. The largest absolute Gasteiger partial charge is 0.497 e. The monoisotopic (exact) mass is 496 g/mol. The molecule has 10 heteroatoms. The van der Waals surface area contributed by atoms with Crippen LogP contribution in [0.5, 0.6) is 5.75 Å². The number of carboxylic acid groups (broad SMARTS) is 1. The fraction of sp³-hybridized carbons (Fsp3) is 0.458. The van der Waals surface area contributed by atoms with E-state index in [0.717, 1.165) is 31.1 Å². The summed E-state index contributed by atoms with van der Waals surface area (Å²) in [6, 6.07) is 11.5. The van der Waals surface area contributed by atoms with Gasteiger partial charge in [0.15, 0.2) is 0 Å². The number of hydrogen-bond donors (Lipinski definition) is 2. The average Bonchev–Trinajstić information content (AvgIpc) is 3.00. The predicted molar refractivity (Wildman–Crippen MR) is 125 cm³/mol. The summed E-state index contributed by atoms with van der Waals surface area (Å²) < 4.78 is 49.7. The fourth-order valence-corrected chi connectivity index (χ4v) is 6.24. The SMILES string of the molecule is COc1ccc(-c2cc3c4c(c2)[C@@H]2CNCC[C@@H]2N4CCS(=O)C3)c(C)c1.O=C(O)C(F)(F)F. The molecule has 2 aromatic rings. The molecule has 34 heavy (non-hydrogen) atoms. The van der Waals surface area contributed by atoms with Crippen LogP contribution in [0.4, 0.5) is 18.9 Å². The predicted octanol–water partition coefficient (Wildman–Crippen LogP) is 3.83. The maximum Gasteiger partial charge on any atom is 0.490 e. The summed E-state index contributed by atoms with van der Waals surface area (Å²) in [5.74, 6) is 0.126. The van der Waals surface area contributed by atoms with Crippen LogP contribution in [0.25, 0.3) is 11.1 Å². The van der Waals surface area contributed by atoms with Crippen LogP contribution in [0.2, 0.25) is 0 Å². The van der Waals surface area contributed by atoms with E-state index in [9.17, 15) is 17.4 Å². The molecular formula is C24H27F3N2O4S. The van der Waals surface area contributed by atoms with E-state index in [2.05, 4.69) is 41.4 Å². The first-order valence-electron chi connectivity index (χ1n) is 11.0. The van der Waals surface area contributed by atoms with E-state index in [1.165, 1.54) is 39.9 Å². The molecule has 0 aromatic heterocycles. The van der Waals surface area contributed by atoms with Gasteiger partial charge in [-0.1, -0.05) is 6.07 Å². The lowest BCUT2D eigenvalue weighted by Crippen LogP contribution is -2.45. The highest BCUT2D eigenvalue weighted by atomic mass is 32.2. The average molecular weight is 497 g/mol. The maximum absolute atomic E-state index is 12.5. The summed E-state index contributed by atoms with van der Waals surface area (Å²) in [6.45, 7) is 5.18. The highest BCUT2D eigenvalue weighted by Crippen LogP contribution is 2.48. The summed E-state index contributed by atoms with van der Waals surface area (Å²) in [6.07, 6.45) is -3.91. The number of aliphatic carboxylic acids is 1. The van der Waals surface area contributed by atoms with Gasteiger partial charge in [0.1, 0.15) is 5.75 Å². The summed E-state index contributed by atoms with van der Waals surface area (Å²) in [7, 11) is 0.927. The Morgan fingerprint density at radius 3 is 2.65 bits per heavy atom. The number of nitrogens with one attached hydrogen (secondary N) is 1. The zero-order chi connectivity index (χ0) is 24.6. The first kappa shape index (κ1) is 24.5. The van der Waals surface area contributed by atoms with Gasteiger partial charge in [-0.15, -0.1) is 0 Å². The van der Waals surface area contributed by atoms with Crippen molar-refractivity contribution >= 4 is 22.5 Å². The van der Waals surface area contributed by atoms with E-state index >= 15 is 0 Å². The van der Waals surface area contributed by atoms with Gasteiger partial charge in [0.2, 0.25) is 0 Å². The number of fused-ring (bicyclic) bond motifs is 3. The zero-order valence-electron chi connectivity index (χ0n) is 18.9. The lowest BCUT2D eigenvalue weighted by molar-refractivity contribution is -0.192. The molecule has 3 aliphatic rings. The molecule has 0 bridgehead atoms. The minimum absolute atomic E-state index is 0.539. The topological polar surface area (TPSA) is 78.9 Å². The van der Waals surface area contributed by atoms with Crippen molar-refractivity contribution in [2.75, 3.05) is 37.4 Å². The Kier molecular flexibility index (Phi) is 6.91. The van der Waals surface area contributed by atoms with Crippen molar-refractivity contribution in [2.24, 2.45) is 0 Å². The smallest absolute Gasteiger partial charge is 0.490 e. The molecule has 0 aliphatic carbocycles. The van der Waals surface area contributed by atoms with Crippen LogP contribution in [0.15, 0.2) is 30.3 Å². The van der Waals surface area contributed by atoms with Crippen LogP contribution in [0.1, 0.15) is 29.0 Å². The highest BCUT2D eigenvalue weighted by Gasteiger charge is 2.42. The van der Waals surface area contributed by atoms with E-state index in [1.54, 1.807) is 7.11 Å². The van der Waals surface area contributed by atoms with E-state index in [-0.39, 0.29) is 0 Å². The summed E-state index contributed by atoms with van der Waals surface area (Å²) in [5, 5.41) is 10.7. The Bertz CT molecular complexity index is 1120. The quantitative estimate of drug-likeness (QED) is 0.658. The lowest BCUT2D eigenvalue weighted by Gasteiger charge is -2.33. The minimum atomic E-state index is -5.08. The molecular weight excluding hydrogens is 469 g/mol. The molecule has 3 aliphatic heterocycles. The third-order valence-corrected chi connectivity index (χ3v) is 7.89. The Labute approximate surface area is 198 Å². The van der Waals surface area contributed by atoms with Crippen LogP contribution in [0, 0.1) is 6.92 Å². The molecule has 1 unspecified atom stereocenters. The number of methoxy groups -OCH3 is 1. The first-order chi connectivity index (χ1) is 16.1. The Balaban J connectivity index is 0.000000344. The van der Waals surface area contributed by atoms with Gasteiger partial charge >= 0.3 is 12.1 Å². The first-order valence-corrected chi connectivity index (χ1v) is 12.5. The van der Waals surface area contributed by atoms with Crippen LogP contribution in [0.3, 0.4) is 0 Å². The zero-order valence-corrected chi connectivity index (χ0v) is 19.8. The molecule has 184 valence electrons. The Morgan fingerprint density at radius 1 is 1.26 bits per heavy atom. The van der Waals surface area contributed by atoms with Crippen molar-refractivity contribution < 1.29 is 32.0 Å². The second kappa shape index (κ2) is 9.58. The van der Waals surface area contributed by atoms with E-state index < -0.39 is 22.9 Å². The van der Waals surface area contributed by atoms with Gasteiger partial charge in [-0.2, -0.15) is 13.2 Å². The number of benzene rings is 2. The molecule has 1 fully saturated rings. The van der Waals surface area contributed by atoms with Crippen molar-refractivity contribution in [3.8, 4) is 16.9 Å². The van der Waals surface area contributed by atoms with Crippen molar-refractivity contribution in [1.82, 2.24) is 5.32 Å². The molecule has 2 N–H and O–H groups in total. The number of ether oxygens (including phenoxy) is 1. The fourth-order valence-electron chi connectivity index (χ4n) is 5.13. The number of hydrogen-bond acceptors (Lipinski definition) is 5. The summed E-state index contributed by atoms with van der Waals surface area (Å²) in [5.41, 5.74) is 7.80. The molecule has 0 spiro atoms. The van der Waals surface area contributed by atoms with Gasteiger partial charge in [-0.3, -0.25) is 4.21 Å². The van der Waals surface area contributed by atoms with Gasteiger partial charge in [-0.25, -0.2) is 4.79 Å². The molecule has 3 heterocycles. The Morgan fingerprint density at radius 2 is 2.00 bits per heavy atom. The number of carboxylic acids is 1. The van der Waals surface area contributed by atoms with Crippen molar-refractivity contribution in [3.63, 3.8) is 0 Å². The van der Waals surface area contributed by atoms with Gasteiger partial charge < -0.3 is 20.1 Å². The third kappa shape index (κ3) is 4.79. The molecule has 5 rings (SSSR count). The van der Waals surface area contributed by atoms with Gasteiger partial charge in [-0.05, 0) is 72.0 Å². The molecule has 3 atom stereocenters. The van der Waals surface area contributed by atoms with Crippen molar-refractivity contribution in [2.45, 2.75) is 37.2 Å². The number of halogens is 3. The molecule has 0 radical (unpaired) electrons. The number of nitrogens with zero attached hydrogens (tertiary/aromatic N) is 1. The summed E-state index contributed by atoms with van der Waals surface area (Å²) >= 11 is 0. The molecule has 6 nitrogen and oxygen atoms in total. The van der Waals surface area contributed by atoms with Crippen LogP contribution in [-0.4, -0.2) is 60.0 Å². The number of alkyl halides is 3. The third-order valence-electron chi connectivity index (χ3n) is 6.61. The van der Waals surface area contributed by atoms with Crippen LogP contribution in [-0.2, 0) is 21.3 Å². The lowest BCUT2D eigenvalue weighted by atomic mass is 9.87. The Hall–Kier alpha value is -2.59.